The molecule has 0 unspecified atom stereocenters. The molecule has 1 aliphatic carbocycles. The standard InChI is InChI=1S/C23H22O8/c1-13(24)28-19-8-18(9-20(12-19)29-14(2)25)23(27)31-22-11-17-7-5-4-6-16(17)10-21(22)30-15(3)26/h4-9,12,21-22H,10-11H2,1-3H3/t21-,22+/m1/s1. The van der Waals surface area contributed by atoms with Gasteiger partial charge in [0.25, 0.3) is 0 Å². The first-order valence-electron chi connectivity index (χ1n) is 9.68. The maximum Gasteiger partial charge on any atom is 0.338 e. The van der Waals surface area contributed by atoms with E-state index in [4.69, 9.17) is 18.9 Å². The van der Waals surface area contributed by atoms with Crippen LogP contribution in [0.2, 0.25) is 0 Å². The van der Waals surface area contributed by atoms with Crippen LogP contribution in [0, 0.1) is 0 Å². The van der Waals surface area contributed by atoms with E-state index in [0.717, 1.165) is 11.1 Å². The Morgan fingerprint density at radius 3 is 1.65 bits per heavy atom. The predicted molar refractivity (Wildman–Crippen MR) is 108 cm³/mol. The summed E-state index contributed by atoms with van der Waals surface area (Å²) in [5.74, 6) is -2.34. The Labute approximate surface area is 179 Å². The average molecular weight is 426 g/mol. The Bertz CT molecular complexity index is 992. The average Bonchev–Trinajstić information content (AvgIpc) is 2.66. The number of ether oxygens (including phenoxy) is 4. The summed E-state index contributed by atoms with van der Waals surface area (Å²) < 4.78 is 21.1. The van der Waals surface area contributed by atoms with Crippen molar-refractivity contribution in [2.75, 3.05) is 0 Å². The SMILES string of the molecule is CC(=O)Oc1cc(OC(C)=O)cc(C(=O)O[C@H]2Cc3ccccc3C[C@H]2OC(C)=O)c1. The molecule has 2 atom stereocenters. The molecule has 0 N–H and O–H groups in total. The van der Waals surface area contributed by atoms with Gasteiger partial charge in [0, 0.05) is 39.7 Å². The Morgan fingerprint density at radius 1 is 0.710 bits per heavy atom. The van der Waals surface area contributed by atoms with Gasteiger partial charge in [0.15, 0.2) is 0 Å². The van der Waals surface area contributed by atoms with E-state index < -0.39 is 36.1 Å². The van der Waals surface area contributed by atoms with Crippen molar-refractivity contribution in [3.8, 4) is 11.5 Å². The second-order valence-electron chi connectivity index (χ2n) is 7.15. The zero-order valence-electron chi connectivity index (χ0n) is 17.4. The summed E-state index contributed by atoms with van der Waals surface area (Å²) in [6.07, 6.45) is -0.554. The fourth-order valence-electron chi connectivity index (χ4n) is 3.45. The minimum Gasteiger partial charge on any atom is -0.458 e. The van der Waals surface area contributed by atoms with E-state index in [1.807, 2.05) is 24.3 Å². The molecule has 0 fully saturated rings. The summed E-state index contributed by atoms with van der Waals surface area (Å²) in [5, 5.41) is 0. The zero-order chi connectivity index (χ0) is 22.5. The zero-order valence-corrected chi connectivity index (χ0v) is 17.4. The highest BCUT2D eigenvalue weighted by atomic mass is 16.6. The van der Waals surface area contributed by atoms with Gasteiger partial charge in [-0.05, 0) is 23.3 Å². The fourth-order valence-corrected chi connectivity index (χ4v) is 3.45. The van der Waals surface area contributed by atoms with Gasteiger partial charge in [-0.25, -0.2) is 4.79 Å². The van der Waals surface area contributed by atoms with Gasteiger partial charge < -0.3 is 18.9 Å². The number of benzene rings is 2. The number of esters is 4. The predicted octanol–water partition coefficient (Wildman–Crippen LogP) is 2.79. The first-order valence-corrected chi connectivity index (χ1v) is 9.68. The summed E-state index contributed by atoms with van der Waals surface area (Å²) >= 11 is 0. The van der Waals surface area contributed by atoms with E-state index in [1.165, 1.54) is 39.0 Å². The Hall–Kier alpha value is -3.68. The molecule has 8 nitrogen and oxygen atoms in total. The maximum absolute atomic E-state index is 12.9. The van der Waals surface area contributed by atoms with Crippen molar-refractivity contribution >= 4 is 23.9 Å². The summed E-state index contributed by atoms with van der Waals surface area (Å²) in [6, 6.07) is 11.6. The van der Waals surface area contributed by atoms with Crippen LogP contribution in [-0.2, 0) is 36.7 Å². The van der Waals surface area contributed by atoms with Crippen LogP contribution in [0.5, 0.6) is 11.5 Å². The van der Waals surface area contributed by atoms with E-state index in [2.05, 4.69) is 0 Å². The third kappa shape index (κ3) is 5.91. The van der Waals surface area contributed by atoms with Crippen molar-refractivity contribution in [2.24, 2.45) is 0 Å². The van der Waals surface area contributed by atoms with Gasteiger partial charge in [-0.1, -0.05) is 24.3 Å². The van der Waals surface area contributed by atoms with Crippen molar-refractivity contribution in [3.05, 3.63) is 59.2 Å². The van der Waals surface area contributed by atoms with Crippen molar-refractivity contribution < 1.29 is 38.1 Å². The molecule has 8 heteroatoms. The third-order valence-corrected chi connectivity index (χ3v) is 4.59. The number of fused-ring (bicyclic) bond motifs is 1. The molecule has 2 aromatic carbocycles. The first-order chi connectivity index (χ1) is 14.7. The molecule has 31 heavy (non-hydrogen) atoms. The van der Waals surface area contributed by atoms with Crippen LogP contribution in [0.3, 0.4) is 0 Å². The van der Waals surface area contributed by atoms with Gasteiger partial charge in [0.2, 0.25) is 0 Å². The van der Waals surface area contributed by atoms with E-state index in [1.54, 1.807) is 0 Å². The monoisotopic (exact) mass is 426 g/mol. The second-order valence-corrected chi connectivity index (χ2v) is 7.15. The highest BCUT2D eigenvalue weighted by Crippen LogP contribution is 2.28. The Kier molecular flexibility index (Phi) is 6.69. The molecule has 0 amide bonds. The summed E-state index contributed by atoms with van der Waals surface area (Å²) in [5.41, 5.74) is 2.04. The molecule has 0 spiro atoms. The van der Waals surface area contributed by atoms with Crippen LogP contribution in [-0.4, -0.2) is 36.1 Å². The van der Waals surface area contributed by atoms with E-state index >= 15 is 0 Å². The lowest BCUT2D eigenvalue weighted by molar-refractivity contribution is -0.153. The molecule has 0 aliphatic heterocycles. The van der Waals surface area contributed by atoms with Gasteiger partial charge in [-0.3, -0.25) is 14.4 Å². The van der Waals surface area contributed by atoms with Crippen LogP contribution in [0.25, 0.3) is 0 Å². The molecule has 2 aromatic rings. The molecule has 3 rings (SSSR count). The quantitative estimate of drug-likeness (QED) is 0.531. The maximum atomic E-state index is 12.9. The second kappa shape index (κ2) is 9.42. The van der Waals surface area contributed by atoms with Crippen LogP contribution < -0.4 is 9.47 Å². The molecule has 162 valence electrons. The third-order valence-electron chi connectivity index (χ3n) is 4.59. The highest BCUT2D eigenvalue weighted by Gasteiger charge is 2.34. The van der Waals surface area contributed by atoms with E-state index in [-0.39, 0.29) is 17.1 Å². The minimum absolute atomic E-state index is 0.0235. The van der Waals surface area contributed by atoms with Crippen molar-refractivity contribution in [2.45, 2.75) is 45.8 Å². The van der Waals surface area contributed by atoms with Gasteiger partial charge in [-0.15, -0.1) is 0 Å². The topological polar surface area (TPSA) is 105 Å². The molecule has 0 bridgehead atoms. The number of carbonyl (C=O) groups is 4. The van der Waals surface area contributed by atoms with Gasteiger partial charge >= 0.3 is 23.9 Å². The summed E-state index contributed by atoms with van der Waals surface area (Å²) in [6.45, 7) is 3.71. The molecule has 0 heterocycles. The molecule has 0 aromatic heterocycles. The van der Waals surface area contributed by atoms with E-state index in [0.29, 0.717) is 12.8 Å². The Balaban J connectivity index is 1.86. The molecule has 0 saturated carbocycles. The summed E-state index contributed by atoms with van der Waals surface area (Å²) in [4.78, 5) is 47.1. The van der Waals surface area contributed by atoms with Crippen LogP contribution in [0.4, 0.5) is 0 Å². The molecule has 0 saturated heterocycles. The minimum atomic E-state index is -0.732. The van der Waals surface area contributed by atoms with E-state index in [9.17, 15) is 19.2 Å². The van der Waals surface area contributed by atoms with Crippen molar-refractivity contribution in [1.29, 1.82) is 0 Å². The lowest BCUT2D eigenvalue weighted by Gasteiger charge is -2.32. The first kappa shape index (κ1) is 22.0. The molecular formula is C23H22O8. The Morgan fingerprint density at radius 2 is 1.19 bits per heavy atom. The van der Waals surface area contributed by atoms with Crippen LogP contribution in [0.1, 0.15) is 42.3 Å². The molecule has 0 radical (unpaired) electrons. The molecular weight excluding hydrogens is 404 g/mol. The fraction of sp³-hybridized carbons (Fsp3) is 0.304. The number of rotatable bonds is 5. The van der Waals surface area contributed by atoms with Gasteiger partial charge in [0.1, 0.15) is 23.7 Å². The molecule has 1 aliphatic rings. The number of carbonyl (C=O) groups excluding carboxylic acids is 4. The van der Waals surface area contributed by atoms with Crippen molar-refractivity contribution in [1.82, 2.24) is 0 Å². The smallest absolute Gasteiger partial charge is 0.338 e. The van der Waals surface area contributed by atoms with Gasteiger partial charge in [-0.2, -0.15) is 0 Å². The normalized spacial score (nSPS) is 17.1. The largest absolute Gasteiger partial charge is 0.458 e. The van der Waals surface area contributed by atoms with Crippen LogP contribution >= 0.6 is 0 Å². The van der Waals surface area contributed by atoms with Crippen molar-refractivity contribution in [3.63, 3.8) is 0 Å². The highest BCUT2D eigenvalue weighted by molar-refractivity contribution is 5.91. The van der Waals surface area contributed by atoms with Gasteiger partial charge in [0.05, 0.1) is 5.56 Å². The summed E-state index contributed by atoms with van der Waals surface area (Å²) in [7, 11) is 0. The lowest BCUT2D eigenvalue weighted by atomic mass is 9.87. The number of hydrogen-bond acceptors (Lipinski definition) is 8. The van der Waals surface area contributed by atoms with Crippen LogP contribution in [0.15, 0.2) is 42.5 Å². The lowest BCUT2D eigenvalue weighted by Crippen LogP contribution is -2.41. The number of hydrogen-bond donors (Lipinski definition) is 0.